The zero-order valence-corrected chi connectivity index (χ0v) is 21.4. The normalized spacial score (nSPS) is 11.4. The molecule has 3 heterocycles. The van der Waals surface area contributed by atoms with E-state index in [0.717, 1.165) is 26.3 Å². The van der Waals surface area contributed by atoms with Crippen LogP contribution < -0.4 is 17.2 Å². The summed E-state index contributed by atoms with van der Waals surface area (Å²) >= 11 is 6.63. The minimum absolute atomic E-state index is 0.105. The Kier molecular flexibility index (Phi) is 7.16. The van der Waals surface area contributed by atoms with Crippen molar-refractivity contribution in [2.75, 3.05) is 13.0 Å². The Balaban J connectivity index is 1.85. The fourth-order valence-corrected chi connectivity index (χ4v) is 4.64. The molecule has 188 valence electrons. The number of rotatable bonds is 7. The van der Waals surface area contributed by atoms with Crippen LogP contribution in [0.15, 0.2) is 53.7 Å². The topological polar surface area (TPSA) is 121 Å². The molecule has 0 fully saturated rings. The molecule has 4 rings (SSSR count). The van der Waals surface area contributed by atoms with E-state index in [-0.39, 0.29) is 24.8 Å². The lowest BCUT2D eigenvalue weighted by Gasteiger charge is -2.21. The van der Waals surface area contributed by atoms with Crippen molar-refractivity contribution in [2.45, 2.75) is 40.0 Å². The second-order valence-electron chi connectivity index (χ2n) is 8.97. The number of halogens is 1. The summed E-state index contributed by atoms with van der Waals surface area (Å²) in [4.78, 5) is 30.9. The van der Waals surface area contributed by atoms with E-state index < -0.39 is 11.5 Å². The molecule has 4 N–H and O–H groups in total. The van der Waals surface area contributed by atoms with Crippen LogP contribution >= 0.6 is 11.6 Å². The van der Waals surface area contributed by atoms with Crippen molar-refractivity contribution in [3.05, 3.63) is 86.7 Å². The number of methoxy groups -OCH3 is 1. The Morgan fingerprint density at radius 2 is 2.00 bits per heavy atom. The molecule has 0 saturated heterocycles. The molecule has 4 aromatic rings. The second-order valence-corrected chi connectivity index (χ2v) is 9.38. The number of nitrogens with two attached hydrogens (primary N) is 2. The summed E-state index contributed by atoms with van der Waals surface area (Å²) in [5, 5.41) is 2.04. The van der Waals surface area contributed by atoms with Crippen molar-refractivity contribution in [2.24, 2.45) is 5.84 Å². The Morgan fingerprint density at radius 3 is 2.64 bits per heavy atom. The van der Waals surface area contributed by atoms with Crippen molar-refractivity contribution >= 4 is 28.4 Å². The molecule has 1 amide bonds. The van der Waals surface area contributed by atoms with Crippen molar-refractivity contribution in [3.8, 4) is 11.1 Å². The van der Waals surface area contributed by atoms with Gasteiger partial charge in [-0.25, -0.2) is 10.5 Å². The maximum atomic E-state index is 13.8. The van der Waals surface area contributed by atoms with Gasteiger partial charge in [-0.05, 0) is 56.2 Å². The molecule has 0 bridgehead atoms. The largest absolute Gasteiger partial charge is 0.380 e. The minimum Gasteiger partial charge on any atom is -0.380 e. The molecule has 9 nitrogen and oxygen atoms in total. The summed E-state index contributed by atoms with van der Waals surface area (Å²) in [5.41, 5.74) is 3.79. The highest BCUT2D eigenvalue weighted by Gasteiger charge is 2.24. The molecule has 0 saturated carbocycles. The van der Waals surface area contributed by atoms with E-state index in [9.17, 15) is 9.59 Å². The first kappa shape index (κ1) is 25.4. The molecule has 0 aliphatic carbocycles. The van der Waals surface area contributed by atoms with Crippen LogP contribution in [0.4, 0.5) is 0 Å². The number of nitrogens with zero attached hydrogens (tertiary/aromatic N) is 4. The van der Waals surface area contributed by atoms with E-state index >= 15 is 0 Å². The smallest absolute Gasteiger partial charge is 0.274 e. The van der Waals surface area contributed by atoms with Crippen LogP contribution in [0.3, 0.4) is 0 Å². The number of ether oxygens (including phenoxy) is 1. The van der Waals surface area contributed by atoms with Crippen LogP contribution in [0.5, 0.6) is 0 Å². The third-order valence-corrected chi connectivity index (χ3v) is 6.47. The Labute approximate surface area is 213 Å². The molecule has 10 heteroatoms. The summed E-state index contributed by atoms with van der Waals surface area (Å²) in [7, 11) is 1.53. The molecule has 0 unspecified atom stereocenters. The SMILES string of the molecule is COCc1cc(C)n(N)c(=O)c1CN(N)C(=O)c1cc(-c2cccnc2)cc2c1c(Cl)cn2C(C)C. The first-order valence-electron chi connectivity index (χ1n) is 11.4. The third-order valence-electron chi connectivity index (χ3n) is 6.19. The van der Waals surface area contributed by atoms with Crippen LogP contribution in [0.1, 0.15) is 47.1 Å². The van der Waals surface area contributed by atoms with Gasteiger partial charge in [-0.1, -0.05) is 17.7 Å². The molecule has 0 spiro atoms. The number of carbonyl (C=O) groups is 1. The highest BCUT2D eigenvalue weighted by Crippen LogP contribution is 2.35. The van der Waals surface area contributed by atoms with E-state index in [4.69, 9.17) is 28.0 Å². The maximum absolute atomic E-state index is 13.8. The van der Waals surface area contributed by atoms with Gasteiger partial charge in [-0.2, -0.15) is 0 Å². The Bertz CT molecular complexity index is 1490. The monoisotopic (exact) mass is 508 g/mol. The van der Waals surface area contributed by atoms with Crippen LogP contribution in [0.25, 0.3) is 22.0 Å². The minimum atomic E-state index is -0.485. The standard InChI is InChI=1S/C26H29ClN6O3/c1-15(2)31-13-22(27)24-20(9-18(10-23(24)31)17-6-5-7-30-11-17)25(34)32(28)12-21-19(14-36-4)8-16(3)33(29)26(21)35/h5-11,13,15H,12,14,28-29H2,1-4H3. The van der Waals surface area contributed by atoms with Gasteiger partial charge in [0, 0.05) is 53.9 Å². The van der Waals surface area contributed by atoms with Gasteiger partial charge in [0.1, 0.15) is 0 Å². The molecule has 3 aromatic heterocycles. The first-order chi connectivity index (χ1) is 17.1. The van der Waals surface area contributed by atoms with Crippen molar-refractivity contribution < 1.29 is 9.53 Å². The highest BCUT2D eigenvalue weighted by atomic mass is 35.5. The zero-order chi connectivity index (χ0) is 26.1. The quantitative estimate of drug-likeness (QED) is 0.222. The van der Waals surface area contributed by atoms with Gasteiger partial charge >= 0.3 is 0 Å². The molecular weight excluding hydrogens is 480 g/mol. The highest BCUT2D eigenvalue weighted by molar-refractivity contribution is 6.37. The van der Waals surface area contributed by atoms with E-state index in [1.165, 1.54) is 7.11 Å². The van der Waals surface area contributed by atoms with Gasteiger partial charge in [-0.15, -0.1) is 0 Å². The number of nitrogen functional groups attached to an aromatic ring is 1. The fraction of sp³-hybridized carbons (Fsp3) is 0.269. The number of aryl methyl sites for hydroxylation is 1. The summed E-state index contributed by atoms with van der Waals surface area (Å²) in [6.45, 7) is 5.82. The van der Waals surface area contributed by atoms with Crippen LogP contribution in [-0.2, 0) is 17.9 Å². The van der Waals surface area contributed by atoms with E-state index in [1.807, 2.05) is 42.8 Å². The number of hydrazine groups is 1. The number of benzene rings is 1. The summed E-state index contributed by atoms with van der Waals surface area (Å²) in [5.74, 6) is 11.7. The van der Waals surface area contributed by atoms with Crippen molar-refractivity contribution in [1.82, 2.24) is 19.2 Å². The number of hydrogen-bond donors (Lipinski definition) is 2. The zero-order valence-electron chi connectivity index (χ0n) is 20.7. The van der Waals surface area contributed by atoms with E-state index in [2.05, 4.69) is 4.98 Å². The lowest BCUT2D eigenvalue weighted by Crippen LogP contribution is -2.41. The average Bonchev–Trinajstić information content (AvgIpc) is 3.21. The van der Waals surface area contributed by atoms with Crippen LogP contribution in [0, 0.1) is 6.92 Å². The lowest BCUT2D eigenvalue weighted by molar-refractivity contribution is 0.0742. The number of carbonyl (C=O) groups excluding carboxylic acids is 1. The number of amides is 1. The molecule has 0 radical (unpaired) electrons. The number of pyridine rings is 2. The van der Waals surface area contributed by atoms with Crippen LogP contribution in [-0.4, -0.2) is 32.3 Å². The Hall–Kier alpha value is -3.66. The predicted molar refractivity (Wildman–Crippen MR) is 141 cm³/mol. The molecule has 0 atom stereocenters. The number of fused-ring (bicyclic) bond motifs is 1. The van der Waals surface area contributed by atoms with Crippen molar-refractivity contribution in [3.63, 3.8) is 0 Å². The second kappa shape index (κ2) is 10.1. The fourth-order valence-electron chi connectivity index (χ4n) is 4.34. The van der Waals surface area contributed by atoms with Crippen LogP contribution in [0.2, 0.25) is 5.02 Å². The molecule has 0 aliphatic rings. The van der Waals surface area contributed by atoms with Gasteiger partial charge in [0.25, 0.3) is 11.5 Å². The number of aromatic nitrogens is 3. The third kappa shape index (κ3) is 4.60. The van der Waals surface area contributed by atoms with Gasteiger partial charge in [0.15, 0.2) is 0 Å². The number of hydrogen-bond acceptors (Lipinski definition) is 6. The van der Waals surface area contributed by atoms with Gasteiger partial charge < -0.3 is 15.1 Å². The van der Waals surface area contributed by atoms with E-state index in [0.29, 0.717) is 27.2 Å². The molecular formula is C26H29ClN6O3. The molecule has 0 aliphatic heterocycles. The maximum Gasteiger partial charge on any atom is 0.274 e. The first-order valence-corrected chi connectivity index (χ1v) is 11.8. The molecule has 1 aromatic carbocycles. The van der Waals surface area contributed by atoms with Gasteiger partial charge in [0.2, 0.25) is 0 Å². The lowest BCUT2D eigenvalue weighted by atomic mass is 10.00. The van der Waals surface area contributed by atoms with Crippen molar-refractivity contribution in [1.29, 1.82) is 0 Å². The van der Waals surface area contributed by atoms with Gasteiger partial charge in [0.05, 0.1) is 29.3 Å². The van der Waals surface area contributed by atoms with E-state index in [1.54, 1.807) is 31.5 Å². The summed E-state index contributed by atoms with van der Waals surface area (Å²) in [6.07, 6.45) is 5.23. The Morgan fingerprint density at radius 1 is 1.25 bits per heavy atom. The average molecular weight is 509 g/mol. The summed E-state index contributed by atoms with van der Waals surface area (Å²) < 4.78 is 8.30. The predicted octanol–water partition coefficient (Wildman–Crippen LogP) is 3.78. The van der Waals surface area contributed by atoms with Gasteiger partial charge in [-0.3, -0.25) is 19.6 Å². The molecule has 36 heavy (non-hydrogen) atoms. The summed E-state index contributed by atoms with van der Waals surface area (Å²) in [6, 6.07) is 9.34.